The molecule has 1 heterocycles. The highest BCUT2D eigenvalue weighted by Crippen LogP contribution is 2.27. The number of nitrogens with two attached hydrogens (primary N) is 1. The zero-order valence-electron chi connectivity index (χ0n) is 16.9. The van der Waals surface area contributed by atoms with Gasteiger partial charge in [0.1, 0.15) is 11.6 Å². The molecule has 7 heteroatoms. The summed E-state index contributed by atoms with van der Waals surface area (Å²) in [6.45, 7) is 0.472. The number of oxazole rings is 1. The normalized spacial score (nSPS) is 12.2. The van der Waals surface area contributed by atoms with Crippen LogP contribution in [-0.4, -0.2) is 34.6 Å². The molecule has 31 heavy (non-hydrogen) atoms. The number of carboxylic acids is 1. The first kappa shape index (κ1) is 20.6. The van der Waals surface area contributed by atoms with Crippen molar-refractivity contribution in [3.8, 4) is 11.5 Å². The van der Waals surface area contributed by atoms with Gasteiger partial charge in [0.25, 0.3) is 5.91 Å². The van der Waals surface area contributed by atoms with Crippen molar-refractivity contribution in [2.24, 2.45) is 5.73 Å². The third-order valence-corrected chi connectivity index (χ3v) is 5.19. The number of unbranched alkanes of at least 4 members (excludes halogenated alkanes) is 1. The topological polar surface area (TPSA) is 118 Å². The van der Waals surface area contributed by atoms with Crippen molar-refractivity contribution in [1.29, 1.82) is 0 Å². The van der Waals surface area contributed by atoms with Crippen molar-refractivity contribution in [3.63, 3.8) is 0 Å². The number of carbonyl (C=O) groups excluding carboxylic acids is 1. The number of nitrogens with one attached hydrogen (secondary N) is 1. The fourth-order valence-corrected chi connectivity index (χ4v) is 3.43. The van der Waals surface area contributed by atoms with E-state index in [4.69, 9.17) is 15.3 Å². The van der Waals surface area contributed by atoms with Gasteiger partial charge in [-0.1, -0.05) is 24.3 Å². The smallest absolute Gasteiger partial charge is 0.320 e. The Morgan fingerprint density at radius 1 is 1.03 bits per heavy atom. The molecule has 0 radical (unpaired) electrons. The second-order valence-corrected chi connectivity index (χ2v) is 7.46. The highest BCUT2D eigenvalue weighted by Gasteiger charge is 2.12. The Hall–Kier alpha value is -3.71. The van der Waals surface area contributed by atoms with Crippen molar-refractivity contribution < 1.29 is 19.1 Å². The van der Waals surface area contributed by atoms with Gasteiger partial charge < -0.3 is 20.6 Å². The molecule has 1 aromatic heterocycles. The van der Waals surface area contributed by atoms with Crippen molar-refractivity contribution in [1.82, 2.24) is 10.3 Å². The molecule has 0 bridgehead atoms. The minimum absolute atomic E-state index is 0.160. The maximum atomic E-state index is 12.4. The Bertz CT molecular complexity index is 1220. The summed E-state index contributed by atoms with van der Waals surface area (Å²) in [5.41, 5.74) is 8.48. The molecule has 0 spiro atoms. The van der Waals surface area contributed by atoms with E-state index >= 15 is 0 Å². The highest BCUT2D eigenvalue weighted by molar-refractivity contribution is 5.99. The van der Waals surface area contributed by atoms with Crippen LogP contribution < -0.4 is 11.1 Å². The fourth-order valence-electron chi connectivity index (χ4n) is 3.43. The number of aromatic nitrogens is 1. The van der Waals surface area contributed by atoms with Gasteiger partial charge in [0.15, 0.2) is 5.58 Å². The van der Waals surface area contributed by atoms with Gasteiger partial charge in [0, 0.05) is 17.7 Å². The number of carboxylic acid groups (broad SMARTS) is 1. The number of para-hydroxylation sites is 2. The number of amides is 1. The van der Waals surface area contributed by atoms with Crippen LogP contribution in [-0.2, 0) is 4.79 Å². The third kappa shape index (κ3) is 4.73. The van der Waals surface area contributed by atoms with Crippen LogP contribution in [0, 0.1) is 0 Å². The van der Waals surface area contributed by atoms with Crippen molar-refractivity contribution in [3.05, 3.63) is 66.2 Å². The maximum absolute atomic E-state index is 12.4. The Morgan fingerprint density at radius 3 is 2.61 bits per heavy atom. The van der Waals surface area contributed by atoms with Crippen LogP contribution in [0.1, 0.15) is 29.6 Å². The van der Waals surface area contributed by atoms with Gasteiger partial charge in [-0.25, -0.2) is 4.98 Å². The number of hydrogen-bond acceptors (Lipinski definition) is 5. The van der Waals surface area contributed by atoms with Gasteiger partial charge in [0.05, 0.1) is 0 Å². The molecule has 1 amide bonds. The zero-order valence-corrected chi connectivity index (χ0v) is 16.9. The lowest BCUT2D eigenvalue weighted by Gasteiger charge is -2.08. The molecular weight excluding hydrogens is 394 g/mol. The van der Waals surface area contributed by atoms with Crippen molar-refractivity contribution in [2.75, 3.05) is 6.54 Å². The molecular formula is C24H23N3O4. The van der Waals surface area contributed by atoms with Crippen LogP contribution in [0.25, 0.3) is 33.3 Å². The van der Waals surface area contributed by atoms with Gasteiger partial charge in [-0.05, 0) is 66.4 Å². The Balaban J connectivity index is 1.40. The number of benzene rings is 3. The van der Waals surface area contributed by atoms with E-state index in [-0.39, 0.29) is 5.91 Å². The summed E-state index contributed by atoms with van der Waals surface area (Å²) in [6, 6.07) is 18.2. The molecule has 1 atom stereocenters. The van der Waals surface area contributed by atoms with Crippen LogP contribution in [0.15, 0.2) is 65.1 Å². The molecule has 0 aliphatic carbocycles. The van der Waals surface area contributed by atoms with E-state index in [1.54, 1.807) is 6.07 Å². The number of nitrogens with zero attached hydrogens (tertiary/aromatic N) is 1. The summed E-state index contributed by atoms with van der Waals surface area (Å²) in [6.07, 6.45) is 1.71. The molecule has 1 unspecified atom stereocenters. The average Bonchev–Trinajstić information content (AvgIpc) is 3.22. The minimum atomic E-state index is -1.00. The maximum Gasteiger partial charge on any atom is 0.320 e. The van der Waals surface area contributed by atoms with Crippen LogP contribution >= 0.6 is 0 Å². The van der Waals surface area contributed by atoms with E-state index in [0.29, 0.717) is 37.3 Å². The van der Waals surface area contributed by atoms with E-state index in [0.717, 1.165) is 27.4 Å². The molecule has 0 saturated heterocycles. The molecule has 4 aromatic rings. The quantitative estimate of drug-likeness (QED) is 0.374. The number of aliphatic carboxylic acids is 1. The minimum Gasteiger partial charge on any atom is -0.480 e. The Labute approximate surface area is 178 Å². The first-order valence-corrected chi connectivity index (χ1v) is 10.2. The lowest BCUT2D eigenvalue weighted by atomic mass is 10.0. The standard InChI is InChI=1S/C24H23N3O4/c25-19(24(29)30)5-3-4-12-26-22(28)17-10-8-16-14-18(11-9-15(16)13-17)23-27-20-6-1-2-7-21(20)31-23/h1-2,6-11,13-14,19H,3-5,12,25H2,(H,26,28)(H,29,30). The number of rotatable bonds is 8. The van der Waals surface area contributed by atoms with E-state index in [1.165, 1.54) is 0 Å². The lowest BCUT2D eigenvalue weighted by molar-refractivity contribution is -0.138. The van der Waals surface area contributed by atoms with Gasteiger partial charge >= 0.3 is 5.97 Å². The summed E-state index contributed by atoms with van der Waals surface area (Å²) in [5, 5.41) is 13.6. The molecule has 0 saturated carbocycles. The monoisotopic (exact) mass is 417 g/mol. The van der Waals surface area contributed by atoms with E-state index in [9.17, 15) is 9.59 Å². The van der Waals surface area contributed by atoms with Crippen LogP contribution in [0.4, 0.5) is 0 Å². The predicted octanol–water partition coefficient (Wildman–Crippen LogP) is 3.96. The van der Waals surface area contributed by atoms with Crippen LogP contribution in [0.3, 0.4) is 0 Å². The second-order valence-electron chi connectivity index (χ2n) is 7.46. The fraction of sp³-hybridized carbons (Fsp3) is 0.208. The van der Waals surface area contributed by atoms with Crippen molar-refractivity contribution >= 4 is 33.7 Å². The molecule has 4 N–H and O–H groups in total. The first-order valence-electron chi connectivity index (χ1n) is 10.2. The Kier molecular flexibility index (Phi) is 5.95. The first-order chi connectivity index (χ1) is 15.0. The molecule has 0 fully saturated rings. The molecule has 158 valence electrons. The molecule has 4 rings (SSSR count). The van der Waals surface area contributed by atoms with Gasteiger partial charge in [0.2, 0.25) is 5.89 Å². The van der Waals surface area contributed by atoms with E-state index in [1.807, 2.05) is 54.6 Å². The van der Waals surface area contributed by atoms with E-state index in [2.05, 4.69) is 10.3 Å². The molecule has 0 aliphatic rings. The zero-order chi connectivity index (χ0) is 21.8. The highest BCUT2D eigenvalue weighted by atomic mass is 16.4. The predicted molar refractivity (Wildman–Crippen MR) is 119 cm³/mol. The van der Waals surface area contributed by atoms with Gasteiger partial charge in [-0.15, -0.1) is 0 Å². The van der Waals surface area contributed by atoms with Crippen molar-refractivity contribution in [2.45, 2.75) is 25.3 Å². The van der Waals surface area contributed by atoms with Gasteiger partial charge in [-0.3, -0.25) is 9.59 Å². The van der Waals surface area contributed by atoms with E-state index < -0.39 is 12.0 Å². The summed E-state index contributed by atoms with van der Waals surface area (Å²) in [7, 11) is 0. The van der Waals surface area contributed by atoms with Crippen LogP contribution in [0.5, 0.6) is 0 Å². The average molecular weight is 417 g/mol. The Morgan fingerprint density at radius 2 is 1.81 bits per heavy atom. The second kappa shape index (κ2) is 8.97. The number of fused-ring (bicyclic) bond motifs is 2. The molecule has 0 aliphatic heterocycles. The number of hydrogen-bond donors (Lipinski definition) is 3. The van der Waals surface area contributed by atoms with Gasteiger partial charge in [-0.2, -0.15) is 0 Å². The van der Waals surface area contributed by atoms with Crippen LogP contribution in [0.2, 0.25) is 0 Å². The summed E-state index contributed by atoms with van der Waals surface area (Å²) in [5.74, 6) is -0.598. The molecule has 3 aromatic carbocycles. The SMILES string of the molecule is NC(CCCCNC(=O)c1ccc2cc(-c3nc4ccccc4o3)ccc2c1)C(=O)O. The largest absolute Gasteiger partial charge is 0.480 e. The number of carbonyl (C=O) groups is 2. The summed E-state index contributed by atoms with van der Waals surface area (Å²) >= 11 is 0. The molecule has 7 nitrogen and oxygen atoms in total. The summed E-state index contributed by atoms with van der Waals surface area (Å²) in [4.78, 5) is 27.7. The summed E-state index contributed by atoms with van der Waals surface area (Å²) < 4.78 is 5.84. The lowest BCUT2D eigenvalue weighted by Crippen LogP contribution is -2.30. The third-order valence-electron chi connectivity index (χ3n) is 5.19.